The normalized spacial score (nSPS) is 19.4. The van der Waals surface area contributed by atoms with Crippen molar-refractivity contribution in [3.05, 3.63) is 23.8 Å². The molecule has 1 atom stereocenters. The number of methoxy groups -OCH3 is 2. The van der Waals surface area contributed by atoms with Crippen LogP contribution >= 0.6 is 0 Å². The fourth-order valence-electron chi connectivity index (χ4n) is 3.56. The highest BCUT2D eigenvalue weighted by atomic mass is 16.5. The first-order chi connectivity index (χ1) is 9.62. The largest absolute Gasteiger partial charge is 0.497 e. The van der Waals surface area contributed by atoms with Crippen molar-refractivity contribution in [2.24, 2.45) is 5.41 Å². The number of nitrogens with one attached hydrogen (secondary N) is 1. The lowest BCUT2D eigenvalue weighted by atomic mass is 9.68. The van der Waals surface area contributed by atoms with Crippen molar-refractivity contribution in [3.8, 4) is 11.5 Å². The van der Waals surface area contributed by atoms with Gasteiger partial charge in [0.15, 0.2) is 0 Å². The molecule has 0 radical (unpaired) electrons. The molecule has 1 aromatic carbocycles. The van der Waals surface area contributed by atoms with E-state index >= 15 is 0 Å². The van der Waals surface area contributed by atoms with Gasteiger partial charge in [0.05, 0.1) is 14.2 Å². The summed E-state index contributed by atoms with van der Waals surface area (Å²) < 4.78 is 10.8. The summed E-state index contributed by atoms with van der Waals surface area (Å²) in [4.78, 5) is 0. The molecule has 1 aliphatic carbocycles. The van der Waals surface area contributed by atoms with Crippen LogP contribution in [0.2, 0.25) is 0 Å². The Morgan fingerprint density at radius 3 is 2.00 bits per heavy atom. The Hall–Kier alpha value is -1.22. The summed E-state index contributed by atoms with van der Waals surface area (Å²) in [5.41, 5.74) is 1.57. The van der Waals surface area contributed by atoms with Gasteiger partial charge in [-0.15, -0.1) is 0 Å². The van der Waals surface area contributed by atoms with Crippen LogP contribution in [0.25, 0.3) is 0 Å². The van der Waals surface area contributed by atoms with Crippen molar-refractivity contribution < 1.29 is 9.47 Å². The summed E-state index contributed by atoms with van der Waals surface area (Å²) in [6, 6.07) is 6.53. The predicted molar refractivity (Wildman–Crippen MR) is 82.5 cm³/mol. The van der Waals surface area contributed by atoms with Crippen LogP contribution in [0.4, 0.5) is 0 Å². The van der Waals surface area contributed by atoms with Crippen LogP contribution in [-0.4, -0.2) is 21.3 Å². The van der Waals surface area contributed by atoms with E-state index in [0.717, 1.165) is 11.5 Å². The Kier molecular flexibility index (Phi) is 4.92. The van der Waals surface area contributed by atoms with Gasteiger partial charge in [-0.1, -0.05) is 26.2 Å². The minimum absolute atomic E-state index is 0.310. The molecule has 112 valence electrons. The molecule has 1 saturated carbocycles. The van der Waals surface area contributed by atoms with E-state index < -0.39 is 0 Å². The molecule has 1 N–H and O–H groups in total. The third-order valence-corrected chi connectivity index (χ3v) is 4.69. The predicted octanol–water partition coefficient (Wildman–Crippen LogP) is 3.93. The van der Waals surface area contributed by atoms with E-state index in [2.05, 4.69) is 31.4 Å². The summed E-state index contributed by atoms with van der Waals surface area (Å²) in [7, 11) is 5.46. The zero-order valence-electron chi connectivity index (χ0n) is 13.2. The first kappa shape index (κ1) is 15.2. The molecule has 0 amide bonds. The molecule has 3 nitrogen and oxygen atoms in total. The number of ether oxygens (including phenoxy) is 2. The summed E-state index contributed by atoms with van der Waals surface area (Å²) in [5, 5.41) is 3.52. The topological polar surface area (TPSA) is 30.5 Å². The van der Waals surface area contributed by atoms with Gasteiger partial charge < -0.3 is 14.8 Å². The van der Waals surface area contributed by atoms with Gasteiger partial charge in [0, 0.05) is 12.1 Å². The maximum absolute atomic E-state index is 5.40. The molecule has 1 aromatic rings. The van der Waals surface area contributed by atoms with Crippen LogP contribution in [-0.2, 0) is 0 Å². The molecule has 20 heavy (non-hydrogen) atoms. The Morgan fingerprint density at radius 1 is 1.00 bits per heavy atom. The fourth-order valence-corrected chi connectivity index (χ4v) is 3.56. The molecular formula is C17H27NO2. The highest BCUT2D eigenvalue weighted by molar-refractivity contribution is 5.40. The number of hydrogen-bond donors (Lipinski definition) is 1. The molecule has 0 heterocycles. The minimum Gasteiger partial charge on any atom is -0.497 e. The maximum atomic E-state index is 5.40. The van der Waals surface area contributed by atoms with Gasteiger partial charge in [0.1, 0.15) is 11.5 Å². The average molecular weight is 277 g/mol. The van der Waals surface area contributed by atoms with Gasteiger partial charge in [-0.05, 0) is 43.0 Å². The van der Waals surface area contributed by atoms with Gasteiger partial charge in [-0.2, -0.15) is 0 Å². The third-order valence-electron chi connectivity index (χ3n) is 4.69. The van der Waals surface area contributed by atoms with Gasteiger partial charge in [-0.25, -0.2) is 0 Å². The van der Waals surface area contributed by atoms with Crippen LogP contribution in [0.5, 0.6) is 11.5 Å². The SMILES string of the molecule is CNC(c1cc(OC)cc(OC)c1)C1(C)CCCCC1. The Bertz CT molecular complexity index is 416. The third kappa shape index (κ3) is 3.09. The van der Waals surface area contributed by atoms with E-state index in [0.29, 0.717) is 11.5 Å². The molecule has 0 aromatic heterocycles. The van der Waals surface area contributed by atoms with E-state index in [9.17, 15) is 0 Å². The molecule has 3 heteroatoms. The molecular weight excluding hydrogens is 250 g/mol. The number of benzene rings is 1. The second kappa shape index (κ2) is 6.49. The second-order valence-electron chi connectivity index (χ2n) is 6.08. The van der Waals surface area contributed by atoms with Crippen molar-refractivity contribution in [1.29, 1.82) is 0 Å². The summed E-state index contributed by atoms with van der Waals surface area (Å²) in [6.07, 6.45) is 6.58. The molecule has 1 unspecified atom stereocenters. The van der Waals surface area contributed by atoms with Crippen LogP contribution in [0.15, 0.2) is 18.2 Å². The molecule has 1 aliphatic rings. The first-order valence-corrected chi connectivity index (χ1v) is 7.53. The molecule has 0 spiro atoms. The van der Waals surface area contributed by atoms with Crippen molar-refractivity contribution in [3.63, 3.8) is 0 Å². The van der Waals surface area contributed by atoms with Gasteiger partial charge in [0.2, 0.25) is 0 Å². The van der Waals surface area contributed by atoms with E-state index in [1.165, 1.54) is 37.7 Å². The molecule has 0 saturated heterocycles. The van der Waals surface area contributed by atoms with Crippen LogP contribution in [0, 0.1) is 5.41 Å². The Balaban J connectivity index is 2.35. The number of rotatable bonds is 5. The zero-order valence-corrected chi connectivity index (χ0v) is 13.2. The van der Waals surface area contributed by atoms with E-state index in [1.54, 1.807) is 14.2 Å². The standard InChI is InChI=1S/C17H27NO2/c1-17(8-6-5-7-9-17)16(18-2)13-10-14(19-3)12-15(11-13)20-4/h10-12,16,18H,5-9H2,1-4H3. The Morgan fingerprint density at radius 2 is 1.55 bits per heavy atom. The lowest BCUT2D eigenvalue weighted by Crippen LogP contribution is -2.36. The quantitative estimate of drug-likeness (QED) is 0.884. The van der Waals surface area contributed by atoms with Crippen molar-refractivity contribution in [2.45, 2.75) is 45.1 Å². The summed E-state index contributed by atoms with van der Waals surface area (Å²) >= 11 is 0. The average Bonchev–Trinajstić information content (AvgIpc) is 2.48. The zero-order chi connectivity index (χ0) is 14.6. The first-order valence-electron chi connectivity index (χ1n) is 7.53. The van der Waals surface area contributed by atoms with Crippen LogP contribution in [0.1, 0.15) is 50.6 Å². The second-order valence-corrected chi connectivity index (χ2v) is 6.08. The van der Waals surface area contributed by atoms with Crippen molar-refractivity contribution in [2.75, 3.05) is 21.3 Å². The highest BCUT2D eigenvalue weighted by Gasteiger charge is 2.35. The summed E-state index contributed by atoms with van der Waals surface area (Å²) in [5.74, 6) is 1.72. The number of hydrogen-bond acceptors (Lipinski definition) is 3. The molecule has 0 bridgehead atoms. The van der Waals surface area contributed by atoms with Crippen molar-refractivity contribution in [1.82, 2.24) is 5.32 Å². The molecule has 1 fully saturated rings. The lowest BCUT2D eigenvalue weighted by Gasteiger charge is -2.41. The van der Waals surface area contributed by atoms with E-state index in [4.69, 9.17) is 9.47 Å². The molecule has 0 aliphatic heterocycles. The monoisotopic (exact) mass is 277 g/mol. The van der Waals surface area contributed by atoms with Gasteiger partial charge in [0.25, 0.3) is 0 Å². The smallest absolute Gasteiger partial charge is 0.122 e. The Labute approximate surface area is 122 Å². The van der Waals surface area contributed by atoms with Gasteiger partial charge in [-0.3, -0.25) is 0 Å². The fraction of sp³-hybridized carbons (Fsp3) is 0.647. The van der Waals surface area contributed by atoms with Gasteiger partial charge >= 0.3 is 0 Å². The minimum atomic E-state index is 0.310. The lowest BCUT2D eigenvalue weighted by molar-refractivity contribution is 0.150. The van der Waals surface area contributed by atoms with E-state index in [-0.39, 0.29) is 0 Å². The van der Waals surface area contributed by atoms with Crippen LogP contribution < -0.4 is 14.8 Å². The highest BCUT2D eigenvalue weighted by Crippen LogP contribution is 2.46. The van der Waals surface area contributed by atoms with E-state index in [1.807, 2.05) is 6.07 Å². The maximum Gasteiger partial charge on any atom is 0.122 e. The van der Waals surface area contributed by atoms with Crippen LogP contribution in [0.3, 0.4) is 0 Å². The molecule has 2 rings (SSSR count). The van der Waals surface area contributed by atoms with Crippen molar-refractivity contribution >= 4 is 0 Å². The summed E-state index contributed by atoms with van der Waals surface area (Å²) in [6.45, 7) is 2.40.